The van der Waals surface area contributed by atoms with Gasteiger partial charge in [0, 0.05) is 16.5 Å². The Bertz CT molecular complexity index is 3040. The van der Waals surface area contributed by atoms with E-state index in [1.807, 2.05) is 0 Å². The van der Waals surface area contributed by atoms with Crippen LogP contribution in [-0.2, 0) is 10.8 Å². The fourth-order valence-corrected chi connectivity index (χ4v) is 10.5. The molecule has 2 heteroatoms. The van der Waals surface area contributed by atoms with Gasteiger partial charge in [0.25, 0.3) is 0 Å². The highest BCUT2D eigenvalue weighted by Crippen LogP contribution is 2.63. The van der Waals surface area contributed by atoms with Crippen LogP contribution in [-0.4, -0.2) is 11.5 Å². The van der Waals surface area contributed by atoms with Crippen LogP contribution in [0.2, 0.25) is 0 Å². The predicted molar refractivity (Wildman–Crippen MR) is 247 cm³/mol. The van der Waals surface area contributed by atoms with E-state index >= 15 is 0 Å². The molecule has 8 aromatic rings. The van der Waals surface area contributed by atoms with E-state index in [2.05, 4.69) is 209 Å². The van der Waals surface area contributed by atoms with Crippen molar-refractivity contribution < 1.29 is 0 Å². The van der Waals surface area contributed by atoms with Gasteiger partial charge in [0.15, 0.2) is 5.84 Å². The summed E-state index contributed by atoms with van der Waals surface area (Å²) in [5, 5.41) is 2.46. The Morgan fingerprint density at radius 3 is 1.75 bits per heavy atom. The van der Waals surface area contributed by atoms with Crippen molar-refractivity contribution in [1.29, 1.82) is 0 Å². The summed E-state index contributed by atoms with van der Waals surface area (Å²) < 4.78 is 0. The van der Waals surface area contributed by atoms with Crippen molar-refractivity contribution in [2.24, 2.45) is 9.98 Å². The van der Waals surface area contributed by atoms with Gasteiger partial charge in [-0.25, -0.2) is 9.98 Å². The molecule has 0 amide bonds. The van der Waals surface area contributed by atoms with Gasteiger partial charge in [0.2, 0.25) is 0 Å². The zero-order valence-electron chi connectivity index (χ0n) is 33.7. The summed E-state index contributed by atoms with van der Waals surface area (Å²) in [5.41, 5.74) is 19.2. The Labute approximate surface area is 347 Å². The second-order valence-electron chi connectivity index (χ2n) is 16.9. The summed E-state index contributed by atoms with van der Waals surface area (Å²) in [7, 11) is 0. The van der Waals surface area contributed by atoms with Crippen molar-refractivity contribution in [1.82, 2.24) is 0 Å². The molecule has 59 heavy (non-hydrogen) atoms. The molecule has 2 nitrogen and oxygen atoms in total. The molecule has 1 aliphatic heterocycles. The Morgan fingerprint density at radius 2 is 0.983 bits per heavy atom. The van der Waals surface area contributed by atoms with Crippen LogP contribution in [0.25, 0.3) is 38.7 Å². The van der Waals surface area contributed by atoms with E-state index in [1.54, 1.807) is 0 Å². The highest BCUT2D eigenvalue weighted by atomic mass is 14.9. The van der Waals surface area contributed by atoms with E-state index in [-0.39, 0.29) is 5.41 Å². The summed E-state index contributed by atoms with van der Waals surface area (Å²) in [6, 6.07) is 69.1. The lowest BCUT2D eigenvalue weighted by atomic mass is 9.54. The van der Waals surface area contributed by atoms with Gasteiger partial charge >= 0.3 is 0 Å². The lowest BCUT2D eigenvalue weighted by Crippen LogP contribution is -2.41. The molecule has 282 valence electrons. The molecule has 8 aromatic carbocycles. The number of hydrogen-bond acceptors (Lipinski definition) is 2. The fourth-order valence-electron chi connectivity index (χ4n) is 10.5. The van der Waals surface area contributed by atoms with Gasteiger partial charge in [-0.3, -0.25) is 0 Å². The van der Waals surface area contributed by atoms with E-state index in [4.69, 9.17) is 9.98 Å². The monoisotopic (exact) mass is 756 g/mol. The number of fused-ring (bicyclic) bond motifs is 10. The number of allylic oxidation sites excluding steroid dienone is 1. The zero-order valence-corrected chi connectivity index (χ0v) is 33.7. The number of rotatable bonds is 4. The normalized spacial score (nSPS) is 17.2. The molecule has 2 aliphatic carbocycles. The van der Waals surface area contributed by atoms with Crippen LogP contribution in [0.5, 0.6) is 0 Å². The summed E-state index contributed by atoms with van der Waals surface area (Å²) in [6.45, 7) is 7.09. The third-order valence-corrected chi connectivity index (χ3v) is 13.2. The molecule has 0 N–H and O–H groups in total. The van der Waals surface area contributed by atoms with E-state index in [9.17, 15) is 0 Å². The predicted octanol–water partition coefficient (Wildman–Crippen LogP) is 14.0. The first kappa shape index (κ1) is 35.3. The average molecular weight is 757 g/mol. The van der Waals surface area contributed by atoms with E-state index in [1.165, 1.54) is 72.0 Å². The van der Waals surface area contributed by atoms with Gasteiger partial charge in [-0.2, -0.15) is 0 Å². The smallest absolute Gasteiger partial charge is 0.160 e. The molecule has 0 bridgehead atoms. The van der Waals surface area contributed by atoms with Crippen LogP contribution in [0, 0.1) is 0 Å². The van der Waals surface area contributed by atoms with E-state index in [0.29, 0.717) is 0 Å². The molecule has 1 heterocycles. The van der Waals surface area contributed by atoms with Crippen molar-refractivity contribution in [3.63, 3.8) is 0 Å². The fraction of sp³-hybridized carbons (Fsp3) is 0.123. The molecule has 0 aromatic heterocycles. The van der Waals surface area contributed by atoms with Crippen LogP contribution in [0.1, 0.15) is 83.7 Å². The largest absolute Gasteiger partial charge is 0.232 e. The maximum atomic E-state index is 5.49. The quantitative estimate of drug-likeness (QED) is 0.171. The van der Waals surface area contributed by atoms with Crippen LogP contribution in [0.4, 0.5) is 0 Å². The molecular formula is C57H44N2. The Balaban J connectivity index is 1.09. The molecule has 0 fully saturated rings. The zero-order chi connectivity index (χ0) is 39.7. The molecule has 1 spiro atoms. The van der Waals surface area contributed by atoms with E-state index in [0.717, 1.165) is 46.8 Å². The van der Waals surface area contributed by atoms with Crippen molar-refractivity contribution in [3.05, 3.63) is 244 Å². The number of amidine groups is 1. The van der Waals surface area contributed by atoms with E-state index < -0.39 is 5.41 Å². The summed E-state index contributed by atoms with van der Waals surface area (Å²) in [6.07, 6.45) is 1.69. The maximum absolute atomic E-state index is 5.49. The van der Waals surface area contributed by atoms with Gasteiger partial charge in [-0.15, -0.1) is 0 Å². The molecule has 0 saturated carbocycles. The lowest BCUT2D eigenvalue weighted by molar-refractivity contribution is 0.565. The summed E-state index contributed by atoms with van der Waals surface area (Å²) in [4.78, 5) is 10.9. The first-order valence-corrected chi connectivity index (χ1v) is 20.9. The summed E-state index contributed by atoms with van der Waals surface area (Å²) in [5.74, 6) is 0.739. The third kappa shape index (κ3) is 5.40. The van der Waals surface area contributed by atoms with Crippen molar-refractivity contribution in [2.45, 2.75) is 44.4 Å². The standard InChI is InChI=1S/C57H44N2/c1-37-31-34-52(42-33-32-38-17-7-8-20-40(38)35-42)58-55(39-18-5-4-6-19-39)59-54(37)43-22-15-21-41(36-43)44-25-16-30-51-53(44)56(2,3)49-28-13-14-29-50(49)57(51)47-26-11-9-23-45(47)46-24-10-12-27-48(46)57/h4-30,32-33,35-36H,31,34H2,1-3H3/b54-37+,58-52?,59-55?. The summed E-state index contributed by atoms with van der Waals surface area (Å²) >= 11 is 0. The van der Waals surface area contributed by atoms with Gasteiger partial charge in [0.1, 0.15) is 0 Å². The second-order valence-corrected chi connectivity index (χ2v) is 16.9. The maximum Gasteiger partial charge on any atom is 0.160 e. The molecule has 0 radical (unpaired) electrons. The second kappa shape index (κ2) is 13.6. The SMILES string of the molecule is C/C1=C(/c2cccc(-c3cccc4c3C(C)(C)c3ccccc3C43c4ccccc4-c4ccccc43)c2)N=C(c2ccccc2)N=C(c2ccc3ccccc3c2)CC1. The van der Waals surface area contributed by atoms with Crippen molar-refractivity contribution >= 4 is 28.0 Å². The molecule has 11 rings (SSSR count). The van der Waals surface area contributed by atoms with Crippen LogP contribution >= 0.6 is 0 Å². The Hall–Kier alpha value is -6.90. The topological polar surface area (TPSA) is 24.7 Å². The lowest BCUT2D eigenvalue weighted by Gasteiger charge is -2.47. The van der Waals surface area contributed by atoms with Crippen LogP contribution in [0.15, 0.2) is 204 Å². The minimum atomic E-state index is -0.434. The molecule has 0 unspecified atom stereocenters. The van der Waals surface area contributed by atoms with Crippen molar-refractivity contribution in [3.8, 4) is 22.3 Å². The Kier molecular flexibility index (Phi) is 8.13. The first-order chi connectivity index (χ1) is 28.9. The molecule has 0 atom stereocenters. The van der Waals surface area contributed by atoms with Crippen LogP contribution < -0.4 is 0 Å². The first-order valence-electron chi connectivity index (χ1n) is 20.9. The van der Waals surface area contributed by atoms with Gasteiger partial charge in [0.05, 0.1) is 16.8 Å². The highest BCUT2D eigenvalue weighted by molar-refractivity contribution is 6.15. The van der Waals surface area contributed by atoms with Gasteiger partial charge in [-0.1, -0.05) is 190 Å². The van der Waals surface area contributed by atoms with Crippen LogP contribution in [0.3, 0.4) is 0 Å². The highest BCUT2D eigenvalue weighted by Gasteiger charge is 2.53. The Morgan fingerprint density at radius 1 is 0.407 bits per heavy atom. The van der Waals surface area contributed by atoms with Crippen molar-refractivity contribution in [2.75, 3.05) is 0 Å². The number of aliphatic imine (C=N–C) groups is 2. The minimum absolute atomic E-state index is 0.266. The minimum Gasteiger partial charge on any atom is -0.232 e. The average Bonchev–Trinajstić information content (AvgIpc) is 3.58. The number of hydrogen-bond donors (Lipinski definition) is 0. The van der Waals surface area contributed by atoms with Gasteiger partial charge in [-0.05, 0) is 109 Å². The van der Waals surface area contributed by atoms with Gasteiger partial charge < -0.3 is 0 Å². The number of nitrogens with zero attached hydrogens (tertiary/aromatic N) is 2. The number of benzene rings is 8. The molecular weight excluding hydrogens is 713 g/mol. The molecule has 3 aliphatic rings. The molecule has 0 saturated heterocycles. The third-order valence-electron chi connectivity index (χ3n) is 13.2.